The summed E-state index contributed by atoms with van der Waals surface area (Å²) in [6, 6.07) is 1.21. The van der Waals surface area contributed by atoms with Gasteiger partial charge in [-0.2, -0.15) is 4.98 Å². The van der Waals surface area contributed by atoms with Crippen molar-refractivity contribution in [1.29, 1.82) is 0 Å². The Bertz CT molecular complexity index is 1090. The number of likely N-dealkylation sites (N-methyl/N-ethyl adjacent to an activating group) is 1. The molecule has 3 amide bonds. The van der Waals surface area contributed by atoms with Crippen LogP contribution < -0.4 is 20.3 Å². The second-order valence-electron chi connectivity index (χ2n) is 9.48. The topological polar surface area (TPSA) is 138 Å². The number of halogens is 1. The molecule has 4 heterocycles. The molecular weight excluding hydrogens is 509 g/mol. The lowest BCUT2D eigenvalue weighted by Gasteiger charge is -2.37. The quantitative estimate of drug-likeness (QED) is 0.484. The van der Waals surface area contributed by atoms with Gasteiger partial charge in [-0.05, 0) is 38.7 Å². The van der Waals surface area contributed by atoms with Gasteiger partial charge in [0.1, 0.15) is 18.6 Å². The first kappa shape index (κ1) is 28.2. The van der Waals surface area contributed by atoms with Gasteiger partial charge in [-0.25, -0.2) is 28.9 Å². The van der Waals surface area contributed by atoms with Crippen LogP contribution in [0.2, 0.25) is 0 Å². The maximum absolute atomic E-state index is 13.3. The Morgan fingerprint density at radius 1 is 1.10 bits per heavy atom. The lowest BCUT2D eigenvalue weighted by atomic mass is 10.1. The monoisotopic (exact) mass is 545 g/mol. The number of urea groups is 1. The van der Waals surface area contributed by atoms with E-state index in [9.17, 15) is 14.0 Å². The second-order valence-corrected chi connectivity index (χ2v) is 9.48. The van der Waals surface area contributed by atoms with Gasteiger partial charge in [0.05, 0.1) is 25.0 Å². The number of piperidine rings is 2. The molecule has 13 nitrogen and oxygen atoms in total. The van der Waals surface area contributed by atoms with Gasteiger partial charge in [0.25, 0.3) is 0 Å². The SMILES string of the molecule is CCOc1cnc(NC(=O)N(C)[C@@H]2CCCN(c3nccc(NC(=O)OCCN4CCC(F)CC4)n3)C2)cn1. The Balaban J connectivity index is 1.25. The molecule has 4 rings (SSSR count). The van der Waals surface area contributed by atoms with Crippen molar-refractivity contribution < 1.29 is 23.5 Å². The number of ether oxygens (including phenoxy) is 2. The summed E-state index contributed by atoms with van der Waals surface area (Å²) in [5.41, 5.74) is 0. The van der Waals surface area contributed by atoms with Crippen molar-refractivity contribution in [2.45, 2.75) is 44.8 Å². The molecule has 2 saturated heterocycles. The van der Waals surface area contributed by atoms with Crippen LogP contribution in [0.5, 0.6) is 5.88 Å². The molecule has 2 aliphatic heterocycles. The maximum Gasteiger partial charge on any atom is 0.412 e. The van der Waals surface area contributed by atoms with Crippen molar-refractivity contribution in [2.75, 3.05) is 68.5 Å². The zero-order chi connectivity index (χ0) is 27.6. The number of amides is 3. The summed E-state index contributed by atoms with van der Waals surface area (Å²) < 4.78 is 23.8. The summed E-state index contributed by atoms with van der Waals surface area (Å²) in [6.45, 7) is 5.71. The smallest absolute Gasteiger partial charge is 0.412 e. The molecule has 2 aromatic rings. The average Bonchev–Trinajstić information content (AvgIpc) is 2.95. The van der Waals surface area contributed by atoms with Crippen LogP contribution >= 0.6 is 0 Å². The molecule has 2 fully saturated rings. The van der Waals surface area contributed by atoms with Gasteiger partial charge in [-0.15, -0.1) is 0 Å². The van der Waals surface area contributed by atoms with E-state index in [1.165, 1.54) is 12.4 Å². The Morgan fingerprint density at radius 3 is 2.67 bits per heavy atom. The van der Waals surface area contributed by atoms with E-state index < -0.39 is 12.3 Å². The summed E-state index contributed by atoms with van der Waals surface area (Å²) in [7, 11) is 1.74. The van der Waals surface area contributed by atoms with E-state index in [1.807, 2.05) is 11.8 Å². The zero-order valence-corrected chi connectivity index (χ0v) is 22.4. The van der Waals surface area contributed by atoms with Crippen LogP contribution in [0.15, 0.2) is 24.7 Å². The largest absolute Gasteiger partial charge is 0.477 e. The van der Waals surface area contributed by atoms with Crippen LogP contribution in [-0.4, -0.2) is 107 Å². The standard InChI is InChI=1S/C25H36FN9O4/c1-3-38-22-16-28-21(15-29-22)31-24(36)33(2)19-5-4-10-35(17-19)23-27-9-6-20(30-23)32-25(37)39-14-13-34-11-7-18(26)8-12-34/h6,9,15-16,18-19H,3-5,7-8,10-14,17H2,1-2H3,(H,28,31,36)(H,27,30,32,37)/t19-/m1/s1. The Hall–Kier alpha value is -3.81. The second kappa shape index (κ2) is 13.8. The minimum Gasteiger partial charge on any atom is -0.477 e. The van der Waals surface area contributed by atoms with E-state index >= 15 is 0 Å². The third kappa shape index (κ3) is 8.34. The van der Waals surface area contributed by atoms with E-state index in [2.05, 4.69) is 35.5 Å². The molecule has 0 aromatic carbocycles. The predicted octanol–water partition coefficient (Wildman–Crippen LogP) is 2.78. The molecule has 39 heavy (non-hydrogen) atoms. The van der Waals surface area contributed by atoms with E-state index in [1.54, 1.807) is 24.2 Å². The van der Waals surface area contributed by atoms with E-state index in [-0.39, 0.29) is 18.7 Å². The molecule has 0 saturated carbocycles. The van der Waals surface area contributed by atoms with Gasteiger partial charge in [-0.1, -0.05) is 0 Å². The van der Waals surface area contributed by atoms with Gasteiger partial charge in [0.15, 0.2) is 5.82 Å². The van der Waals surface area contributed by atoms with Crippen LogP contribution in [0.3, 0.4) is 0 Å². The van der Waals surface area contributed by atoms with Crippen LogP contribution in [0.4, 0.5) is 31.6 Å². The normalized spacial score (nSPS) is 18.3. The van der Waals surface area contributed by atoms with Crippen molar-refractivity contribution in [3.8, 4) is 5.88 Å². The lowest BCUT2D eigenvalue weighted by Crippen LogP contribution is -2.50. The first-order chi connectivity index (χ1) is 18.9. The summed E-state index contributed by atoms with van der Waals surface area (Å²) >= 11 is 0. The first-order valence-corrected chi connectivity index (χ1v) is 13.3. The summed E-state index contributed by atoms with van der Waals surface area (Å²) in [5, 5.41) is 5.40. The molecule has 14 heteroatoms. The van der Waals surface area contributed by atoms with Crippen molar-refractivity contribution in [1.82, 2.24) is 29.7 Å². The van der Waals surface area contributed by atoms with Gasteiger partial charge in [-0.3, -0.25) is 15.5 Å². The number of aromatic nitrogens is 4. The lowest BCUT2D eigenvalue weighted by molar-refractivity contribution is 0.110. The van der Waals surface area contributed by atoms with Gasteiger partial charge < -0.3 is 19.3 Å². The highest BCUT2D eigenvalue weighted by atomic mass is 19.1. The third-order valence-electron chi connectivity index (χ3n) is 6.73. The molecular formula is C25H36FN9O4. The molecule has 1 atom stereocenters. The first-order valence-electron chi connectivity index (χ1n) is 13.3. The van der Waals surface area contributed by atoms with Crippen LogP contribution in [0.1, 0.15) is 32.6 Å². The molecule has 2 aliphatic rings. The van der Waals surface area contributed by atoms with Crippen LogP contribution in [0.25, 0.3) is 0 Å². The third-order valence-corrected chi connectivity index (χ3v) is 6.73. The fraction of sp³-hybridized carbons (Fsp3) is 0.600. The number of alkyl halides is 1. The van der Waals surface area contributed by atoms with Crippen molar-refractivity contribution in [3.63, 3.8) is 0 Å². The summed E-state index contributed by atoms with van der Waals surface area (Å²) in [6.07, 6.45) is 5.85. The van der Waals surface area contributed by atoms with Crippen LogP contribution in [-0.2, 0) is 4.74 Å². The van der Waals surface area contributed by atoms with Gasteiger partial charge in [0.2, 0.25) is 11.8 Å². The number of carbonyl (C=O) groups is 2. The van der Waals surface area contributed by atoms with E-state index in [0.717, 1.165) is 19.4 Å². The van der Waals surface area contributed by atoms with E-state index in [0.29, 0.717) is 69.1 Å². The average molecular weight is 546 g/mol. The minimum atomic E-state index is -0.732. The number of likely N-dealkylation sites (tertiary alicyclic amines) is 1. The van der Waals surface area contributed by atoms with Gasteiger partial charge >= 0.3 is 12.1 Å². The molecule has 2 aromatic heterocycles. The number of nitrogens with zero attached hydrogens (tertiary/aromatic N) is 7. The van der Waals surface area contributed by atoms with Crippen molar-refractivity contribution in [3.05, 3.63) is 24.7 Å². The fourth-order valence-electron chi connectivity index (χ4n) is 4.52. The summed E-state index contributed by atoms with van der Waals surface area (Å²) in [5.74, 6) is 1.51. The number of nitrogens with one attached hydrogen (secondary N) is 2. The summed E-state index contributed by atoms with van der Waals surface area (Å²) in [4.78, 5) is 47.9. The van der Waals surface area contributed by atoms with Crippen LogP contribution in [0, 0.1) is 0 Å². The Morgan fingerprint density at radius 2 is 1.92 bits per heavy atom. The maximum atomic E-state index is 13.3. The number of carbonyl (C=O) groups excluding carboxylic acids is 2. The highest BCUT2D eigenvalue weighted by Crippen LogP contribution is 2.21. The number of hydrogen-bond acceptors (Lipinski definition) is 10. The highest BCUT2D eigenvalue weighted by Gasteiger charge is 2.28. The Labute approximate surface area is 227 Å². The van der Waals surface area contributed by atoms with E-state index in [4.69, 9.17) is 9.47 Å². The molecule has 0 bridgehead atoms. The van der Waals surface area contributed by atoms with Gasteiger partial charge in [0, 0.05) is 46.0 Å². The predicted molar refractivity (Wildman–Crippen MR) is 143 cm³/mol. The van der Waals surface area contributed by atoms with Crippen molar-refractivity contribution in [2.24, 2.45) is 0 Å². The molecule has 0 unspecified atom stereocenters. The molecule has 212 valence electrons. The number of anilines is 3. The Kier molecular flexibility index (Phi) is 10.00. The zero-order valence-electron chi connectivity index (χ0n) is 22.4. The van der Waals surface area contributed by atoms with Crippen molar-refractivity contribution >= 4 is 29.7 Å². The molecule has 0 spiro atoms. The number of hydrogen-bond donors (Lipinski definition) is 2. The number of rotatable bonds is 9. The molecule has 2 N–H and O–H groups in total. The molecule has 0 aliphatic carbocycles. The minimum absolute atomic E-state index is 0.0814. The fourth-order valence-corrected chi connectivity index (χ4v) is 4.52. The molecule has 0 radical (unpaired) electrons. The highest BCUT2D eigenvalue weighted by molar-refractivity contribution is 5.88.